The fourth-order valence-corrected chi connectivity index (χ4v) is 2.46. The number of ether oxygens (including phenoxy) is 4. The Labute approximate surface area is 140 Å². The van der Waals surface area contributed by atoms with Crippen molar-refractivity contribution in [2.24, 2.45) is 0 Å². The van der Waals surface area contributed by atoms with E-state index in [1.165, 1.54) is 12.0 Å². The van der Waals surface area contributed by atoms with Gasteiger partial charge in [-0.1, -0.05) is 30.3 Å². The first-order valence-corrected chi connectivity index (χ1v) is 8.74. The zero-order chi connectivity index (χ0) is 16.3. The van der Waals surface area contributed by atoms with Gasteiger partial charge >= 0.3 is 0 Å². The van der Waals surface area contributed by atoms with Gasteiger partial charge in [0.05, 0.1) is 25.4 Å². The molecule has 0 aliphatic carbocycles. The molecule has 4 nitrogen and oxygen atoms in total. The molecule has 130 valence electrons. The van der Waals surface area contributed by atoms with Gasteiger partial charge in [0.25, 0.3) is 0 Å². The molecule has 1 heterocycles. The maximum Gasteiger partial charge on any atom is 0.157 e. The first-order valence-electron chi connectivity index (χ1n) is 8.74. The average molecular weight is 322 g/mol. The molecule has 4 heteroatoms. The lowest BCUT2D eigenvalue weighted by atomic mass is 10.2. The first-order chi connectivity index (χ1) is 11.2. The van der Waals surface area contributed by atoms with Crippen molar-refractivity contribution >= 4 is 0 Å². The van der Waals surface area contributed by atoms with Gasteiger partial charge in [-0.3, -0.25) is 0 Å². The summed E-state index contributed by atoms with van der Waals surface area (Å²) in [5.74, 6) is 0. The average Bonchev–Trinajstić information content (AvgIpc) is 2.60. The van der Waals surface area contributed by atoms with Crippen molar-refractivity contribution < 1.29 is 18.9 Å². The number of hydrogen-bond donors (Lipinski definition) is 0. The summed E-state index contributed by atoms with van der Waals surface area (Å²) in [7, 11) is 0. The predicted molar refractivity (Wildman–Crippen MR) is 90.3 cm³/mol. The van der Waals surface area contributed by atoms with Crippen molar-refractivity contribution in [3.05, 3.63) is 35.9 Å². The van der Waals surface area contributed by atoms with Gasteiger partial charge in [-0.15, -0.1) is 0 Å². The van der Waals surface area contributed by atoms with Crippen LogP contribution in [0.4, 0.5) is 0 Å². The quantitative estimate of drug-likeness (QED) is 0.654. The molecule has 0 bridgehead atoms. The van der Waals surface area contributed by atoms with Crippen molar-refractivity contribution in [2.75, 3.05) is 19.8 Å². The van der Waals surface area contributed by atoms with Crippen molar-refractivity contribution in [1.82, 2.24) is 0 Å². The minimum atomic E-state index is -0.0390. The third kappa shape index (κ3) is 7.93. The van der Waals surface area contributed by atoms with Crippen molar-refractivity contribution in [3.8, 4) is 0 Å². The van der Waals surface area contributed by atoms with Crippen LogP contribution in [0.2, 0.25) is 0 Å². The highest BCUT2D eigenvalue weighted by atomic mass is 16.7. The summed E-state index contributed by atoms with van der Waals surface area (Å²) in [5.41, 5.74) is 1.20. The highest BCUT2D eigenvalue weighted by molar-refractivity contribution is 5.13. The Hall–Kier alpha value is -0.940. The Kier molecular flexibility index (Phi) is 8.61. The molecule has 1 aromatic carbocycles. The summed E-state index contributed by atoms with van der Waals surface area (Å²) in [6.45, 7) is 6.87. The van der Waals surface area contributed by atoms with Crippen LogP contribution in [0.15, 0.2) is 30.3 Å². The van der Waals surface area contributed by atoms with E-state index < -0.39 is 0 Å². The highest BCUT2D eigenvalue weighted by Crippen LogP contribution is 2.14. The molecular weight excluding hydrogens is 292 g/mol. The molecule has 0 N–H and O–H groups in total. The molecule has 23 heavy (non-hydrogen) atoms. The maximum absolute atomic E-state index is 5.83. The van der Waals surface area contributed by atoms with E-state index in [-0.39, 0.29) is 18.5 Å². The fraction of sp³-hybridized carbons (Fsp3) is 0.684. The molecule has 3 atom stereocenters. The minimum absolute atomic E-state index is 0.0390. The fourth-order valence-electron chi connectivity index (χ4n) is 2.46. The summed E-state index contributed by atoms with van der Waals surface area (Å²) in [6, 6.07) is 10.2. The van der Waals surface area contributed by atoms with Gasteiger partial charge in [-0.05, 0) is 45.1 Å². The molecular formula is C19H30O4. The van der Waals surface area contributed by atoms with Crippen molar-refractivity contribution in [2.45, 2.75) is 64.6 Å². The smallest absolute Gasteiger partial charge is 0.157 e. The topological polar surface area (TPSA) is 36.9 Å². The number of hydrogen-bond acceptors (Lipinski definition) is 4. The van der Waals surface area contributed by atoms with Crippen LogP contribution >= 0.6 is 0 Å². The zero-order valence-electron chi connectivity index (χ0n) is 14.4. The van der Waals surface area contributed by atoms with Gasteiger partial charge in [-0.2, -0.15) is 0 Å². The number of rotatable bonds is 10. The Bertz CT molecular complexity index is 403. The van der Waals surface area contributed by atoms with Crippen LogP contribution in [0, 0.1) is 0 Å². The second-order valence-corrected chi connectivity index (χ2v) is 6.21. The molecule has 0 amide bonds. The van der Waals surface area contributed by atoms with E-state index in [9.17, 15) is 0 Å². The van der Waals surface area contributed by atoms with E-state index in [2.05, 4.69) is 19.1 Å². The standard InChI is InChI=1S/C19H30O4/c1-16(22-15-18-8-4-3-5-9-18)11-13-20-17(2)14-23-19-10-6-7-12-21-19/h3-5,8-9,16-17,19H,6-7,10-15H2,1-2H3. The molecule has 0 radical (unpaired) electrons. The predicted octanol–water partition coefficient (Wildman–Crippen LogP) is 3.93. The van der Waals surface area contributed by atoms with E-state index in [1.807, 2.05) is 25.1 Å². The third-order valence-corrected chi connectivity index (χ3v) is 3.96. The SMILES string of the molecule is CC(CCOC(C)COC1CCCCO1)OCc1ccccc1. The second kappa shape index (κ2) is 10.8. The van der Waals surface area contributed by atoms with Crippen molar-refractivity contribution in [1.29, 1.82) is 0 Å². The molecule has 3 unspecified atom stereocenters. The third-order valence-electron chi connectivity index (χ3n) is 3.96. The Morgan fingerprint density at radius 1 is 1.09 bits per heavy atom. The molecule has 1 aliphatic heterocycles. The summed E-state index contributed by atoms with van der Waals surface area (Å²) in [6.07, 6.45) is 4.45. The molecule has 1 fully saturated rings. The lowest BCUT2D eigenvalue weighted by molar-refractivity contribution is -0.178. The zero-order valence-corrected chi connectivity index (χ0v) is 14.4. The van der Waals surface area contributed by atoms with Gasteiger partial charge in [0.1, 0.15) is 0 Å². The normalized spacial score (nSPS) is 21.0. The van der Waals surface area contributed by atoms with Gasteiger partial charge < -0.3 is 18.9 Å². The van der Waals surface area contributed by atoms with Crippen LogP contribution < -0.4 is 0 Å². The summed E-state index contributed by atoms with van der Waals surface area (Å²) in [5, 5.41) is 0. The van der Waals surface area contributed by atoms with Gasteiger partial charge in [0, 0.05) is 13.2 Å². The van der Waals surface area contributed by atoms with Gasteiger partial charge in [0.15, 0.2) is 6.29 Å². The van der Waals surface area contributed by atoms with Crippen LogP contribution in [0.1, 0.15) is 45.1 Å². The second-order valence-electron chi connectivity index (χ2n) is 6.21. The molecule has 0 spiro atoms. The van der Waals surface area contributed by atoms with E-state index in [0.29, 0.717) is 19.8 Å². The summed E-state index contributed by atoms with van der Waals surface area (Å²) >= 11 is 0. The van der Waals surface area contributed by atoms with Crippen LogP contribution in [-0.4, -0.2) is 38.3 Å². The lowest BCUT2D eigenvalue weighted by Crippen LogP contribution is -2.27. The van der Waals surface area contributed by atoms with Crippen LogP contribution in [-0.2, 0) is 25.6 Å². The molecule has 0 saturated carbocycles. The Morgan fingerprint density at radius 3 is 2.65 bits per heavy atom. The van der Waals surface area contributed by atoms with Crippen molar-refractivity contribution in [3.63, 3.8) is 0 Å². The molecule has 2 rings (SSSR count). The van der Waals surface area contributed by atoms with E-state index in [4.69, 9.17) is 18.9 Å². The lowest BCUT2D eigenvalue weighted by Gasteiger charge is -2.24. The molecule has 1 aliphatic rings. The van der Waals surface area contributed by atoms with E-state index >= 15 is 0 Å². The Morgan fingerprint density at radius 2 is 1.91 bits per heavy atom. The van der Waals surface area contributed by atoms with Crippen LogP contribution in [0.25, 0.3) is 0 Å². The van der Waals surface area contributed by atoms with Gasteiger partial charge in [0.2, 0.25) is 0 Å². The monoisotopic (exact) mass is 322 g/mol. The molecule has 0 aromatic heterocycles. The number of benzene rings is 1. The molecule has 1 aromatic rings. The maximum atomic E-state index is 5.83. The van der Waals surface area contributed by atoms with E-state index in [1.54, 1.807) is 0 Å². The largest absolute Gasteiger partial charge is 0.376 e. The minimum Gasteiger partial charge on any atom is -0.376 e. The van der Waals surface area contributed by atoms with Crippen LogP contribution in [0.3, 0.4) is 0 Å². The van der Waals surface area contributed by atoms with Crippen LogP contribution in [0.5, 0.6) is 0 Å². The first kappa shape index (κ1) is 18.4. The highest BCUT2D eigenvalue weighted by Gasteiger charge is 2.15. The molecule has 1 saturated heterocycles. The van der Waals surface area contributed by atoms with E-state index in [0.717, 1.165) is 25.9 Å². The Balaban J connectivity index is 1.49. The summed E-state index contributed by atoms with van der Waals surface area (Å²) < 4.78 is 22.9. The van der Waals surface area contributed by atoms with Gasteiger partial charge in [-0.25, -0.2) is 0 Å². The summed E-state index contributed by atoms with van der Waals surface area (Å²) in [4.78, 5) is 0.